The second-order valence-corrected chi connectivity index (χ2v) is 7.24. The molecule has 0 saturated heterocycles. The van der Waals surface area contributed by atoms with Crippen LogP contribution in [0.4, 0.5) is 14.9 Å². The van der Waals surface area contributed by atoms with Crippen molar-refractivity contribution in [3.8, 4) is 0 Å². The van der Waals surface area contributed by atoms with Gasteiger partial charge in [0.05, 0.1) is 0 Å². The maximum Gasteiger partial charge on any atom is 0.319 e. The van der Waals surface area contributed by atoms with Crippen LogP contribution in [0, 0.1) is 12.7 Å². The third-order valence-electron chi connectivity index (χ3n) is 5.04. The van der Waals surface area contributed by atoms with Crippen molar-refractivity contribution in [1.82, 2.24) is 10.6 Å². The molecule has 0 unspecified atom stereocenters. The van der Waals surface area contributed by atoms with Gasteiger partial charge < -0.3 is 16.0 Å². The fraction of sp³-hybridized carbons (Fsp3) is 0.364. The molecule has 1 aliphatic carbocycles. The first-order chi connectivity index (χ1) is 13.5. The van der Waals surface area contributed by atoms with Crippen molar-refractivity contribution >= 4 is 17.6 Å². The van der Waals surface area contributed by atoms with E-state index in [1.165, 1.54) is 25.0 Å². The second kappa shape index (κ2) is 9.35. The van der Waals surface area contributed by atoms with Crippen molar-refractivity contribution in [2.45, 2.75) is 45.1 Å². The molecule has 5 nitrogen and oxygen atoms in total. The number of hydrogen-bond donors (Lipinski definition) is 3. The van der Waals surface area contributed by atoms with E-state index in [2.05, 4.69) is 16.0 Å². The highest BCUT2D eigenvalue weighted by atomic mass is 19.1. The minimum absolute atomic E-state index is 0.0645. The summed E-state index contributed by atoms with van der Waals surface area (Å²) in [6, 6.07) is 11.4. The number of benzene rings is 2. The average molecular weight is 383 g/mol. The Morgan fingerprint density at radius 3 is 2.46 bits per heavy atom. The number of nitrogens with one attached hydrogen (secondary N) is 3. The Morgan fingerprint density at radius 2 is 1.79 bits per heavy atom. The van der Waals surface area contributed by atoms with Gasteiger partial charge in [0.2, 0.25) is 0 Å². The SMILES string of the molecule is Cc1cc(C(=O)NC2CCCC2)ccc1NC(=O)NCCc1ccc(F)cc1. The molecule has 0 bridgehead atoms. The van der Waals surface area contributed by atoms with E-state index in [9.17, 15) is 14.0 Å². The minimum atomic E-state index is -0.312. The van der Waals surface area contributed by atoms with Gasteiger partial charge in [-0.1, -0.05) is 25.0 Å². The van der Waals surface area contributed by atoms with Crippen molar-refractivity contribution < 1.29 is 14.0 Å². The lowest BCUT2D eigenvalue weighted by Gasteiger charge is -2.14. The zero-order valence-electron chi connectivity index (χ0n) is 16.1. The van der Waals surface area contributed by atoms with E-state index in [1.807, 2.05) is 6.92 Å². The first kappa shape index (κ1) is 19.9. The predicted octanol–water partition coefficient (Wildman–Crippen LogP) is 4.17. The van der Waals surface area contributed by atoms with Crippen molar-refractivity contribution in [1.29, 1.82) is 0 Å². The largest absolute Gasteiger partial charge is 0.349 e. The lowest BCUT2D eigenvalue weighted by molar-refractivity contribution is 0.0938. The highest BCUT2D eigenvalue weighted by Crippen LogP contribution is 2.20. The quantitative estimate of drug-likeness (QED) is 0.701. The molecule has 2 aromatic carbocycles. The summed E-state index contributed by atoms with van der Waals surface area (Å²) >= 11 is 0. The van der Waals surface area contributed by atoms with Crippen LogP contribution >= 0.6 is 0 Å². The summed E-state index contributed by atoms with van der Waals surface area (Å²) < 4.78 is 12.9. The molecule has 148 valence electrons. The fourth-order valence-corrected chi connectivity index (χ4v) is 3.42. The van der Waals surface area contributed by atoms with E-state index >= 15 is 0 Å². The van der Waals surface area contributed by atoms with Gasteiger partial charge in [-0.05, 0) is 67.6 Å². The molecule has 3 amide bonds. The summed E-state index contributed by atoms with van der Waals surface area (Å²) in [7, 11) is 0. The number of hydrogen-bond acceptors (Lipinski definition) is 2. The summed E-state index contributed by atoms with van der Waals surface area (Å²) in [6.07, 6.45) is 5.05. The highest BCUT2D eigenvalue weighted by Gasteiger charge is 2.18. The zero-order valence-corrected chi connectivity index (χ0v) is 16.1. The molecule has 1 fully saturated rings. The molecule has 0 radical (unpaired) electrons. The van der Waals surface area contributed by atoms with Crippen LogP contribution in [0.3, 0.4) is 0 Å². The summed E-state index contributed by atoms with van der Waals surface area (Å²) in [4.78, 5) is 24.4. The van der Waals surface area contributed by atoms with E-state index in [-0.39, 0.29) is 23.8 Å². The first-order valence-electron chi connectivity index (χ1n) is 9.72. The molecule has 1 aliphatic rings. The van der Waals surface area contributed by atoms with Crippen LogP contribution < -0.4 is 16.0 Å². The summed E-state index contributed by atoms with van der Waals surface area (Å²) in [5.74, 6) is -0.337. The normalized spacial score (nSPS) is 13.9. The summed E-state index contributed by atoms with van der Waals surface area (Å²) in [5, 5.41) is 8.65. The van der Waals surface area contributed by atoms with Crippen molar-refractivity contribution in [3.63, 3.8) is 0 Å². The molecule has 2 aromatic rings. The van der Waals surface area contributed by atoms with Crippen LogP contribution in [0.5, 0.6) is 0 Å². The van der Waals surface area contributed by atoms with Gasteiger partial charge >= 0.3 is 6.03 Å². The molecule has 0 aromatic heterocycles. The third-order valence-corrected chi connectivity index (χ3v) is 5.04. The topological polar surface area (TPSA) is 70.2 Å². The second-order valence-electron chi connectivity index (χ2n) is 7.24. The number of carbonyl (C=O) groups is 2. The van der Waals surface area contributed by atoms with E-state index in [1.54, 1.807) is 30.3 Å². The molecular formula is C22H26FN3O2. The van der Waals surface area contributed by atoms with Gasteiger partial charge in [0.15, 0.2) is 0 Å². The number of carbonyl (C=O) groups excluding carboxylic acids is 2. The van der Waals surface area contributed by atoms with E-state index < -0.39 is 0 Å². The molecule has 3 N–H and O–H groups in total. The Morgan fingerprint density at radius 1 is 1.07 bits per heavy atom. The van der Waals surface area contributed by atoms with Crippen LogP contribution in [0.1, 0.15) is 47.2 Å². The van der Waals surface area contributed by atoms with Gasteiger partial charge in [-0.3, -0.25) is 4.79 Å². The molecule has 1 saturated carbocycles. The predicted molar refractivity (Wildman–Crippen MR) is 108 cm³/mol. The highest BCUT2D eigenvalue weighted by molar-refractivity contribution is 5.96. The Kier molecular flexibility index (Phi) is 6.63. The van der Waals surface area contributed by atoms with Crippen LogP contribution in [-0.4, -0.2) is 24.5 Å². The Balaban J connectivity index is 1.48. The van der Waals surface area contributed by atoms with E-state index in [4.69, 9.17) is 0 Å². The smallest absolute Gasteiger partial charge is 0.319 e. The number of urea groups is 1. The van der Waals surface area contributed by atoms with Gasteiger partial charge in [0.1, 0.15) is 5.82 Å². The van der Waals surface area contributed by atoms with E-state index in [0.717, 1.165) is 24.0 Å². The van der Waals surface area contributed by atoms with Crippen LogP contribution in [0.2, 0.25) is 0 Å². The van der Waals surface area contributed by atoms with Crippen molar-refractivity contribution in [2.24, 2.45) is 0 Å². The van der Waals surface area contributed by atoms with Gasteiger partial charge in [-0.15, -0.1) is 0 Å². The van der Waals surface area contributed by atoms with E-state index in [0.29, 0.717) is 24.2 Å². The number of amides is 3. The third kappa shape index (κ3) is 5.55. The fourth-order valence-electron chi connectivity index (χ4n) is 3.42. The molecule has 0 aliphatic heterocycles. The number of anilines is 1. The molecule has 0 heterocycles. The average Bonchev–Trinajstić information content (AvgIpc) is 3.18. The number of aryl methyl sites for hydroxylation is 1. The monoisotopic (exact) mass is 383 g/mol. The summed E-state index contributed by atoms with van der Waals surface area (Å²) in [5.41, 5.74) is 3.05. The van der Waals surface area contributed by atoms with Crippen LogP contribution in [0.25, 0.3) is 0 Å². The molecule has 0 atom stereocenters. The maximum absolute atomic E-state index is 12.9. The first-order valence-corrected chi connectivity index (χ1v) is 9.72. The Hall–Kier alpha value is -2.89. The zero-order chi connectivity index (χ0) is 19.9. The van der Waals surface area contributed by atoms with Gasteiger partial charge in [-0.2, -0.15) is 0 Å². The van der Waals surface area contributed by atoms with Crippen LogP contribution in [-0.2, 0) is 6.42 Å². The van der Waals surface area contributed by atoms with Crippen molar-refractivity contribution in [3.05, 3.63) is 65.0 Å². The molecule has 3 rings (SSSR count). The molecule has 0 spiro atoms. The van der Waals surface area contributed by atoms with Gasteiger partial charge in [0, 0.05) is 23.8 Å². The van der Waals surface area contributed by atoms with Crippen LogP contribution in [0.15, 0.2) is 42.5 Å². The molecular weight excluding hydrogens is 357 g/mol. The van der Waals surface area contributed by atoms with Gasteiger partial charge in [0.25, 0.3) is 5.91 Å². The Labute approximate surface area is 164 Å². The number of halogens is 1. The van der Waals surface area contributed by atoms with Gasteiger partial charge in [-0.25, -0.2) is 9.18 Å². The van der Waals surface area contributed by atoms with Crippen molar-refractivity contribution in [2.75, 3.05) is 11.9 Å². The number of rotatable bonds is 6. The minimum Gasteiger partial charge on any atom is -0.349 e. The lowest BCUT2D eigenvalue weighted by atomic mass is 10.1. The maximum atomic E-state index is 12.9. The lowest BCUT2D eigenvalue weighted by Crippen LogP contribution is -2.33. The molecule has 6 heteroatoms. The standard InChI is InChI=1S/C22H26FN3O2/c1-15-14-17(21(27)25-19-4-2-3-5-19)8-11-20(15)26-22(28)24-13-12-16-6-9-18(23)10-7-16/h6-11,14,19H,2-5,12-13H2,1H3,(H,25,27)(H2,24,26,28). The Bertz CT molecular complexity index is 830. The summed E-state index contributed by atoms with van der Waals surface area (Å²) in [6.45, 7) is 2.30. The molecule has 28 heavy (non-hydrogen) atoms.